The second-order valence-corrected chi connectivity index (χ2v) is 3.27. The lowest BCUT2D eigenvalue weighted by atomic mass is 10.2. The van der Waals surface area contributed by atoms with Gasteiger partial charge in [-0.25, -0.2) is 4.79 Å². The number of aromatic nitrogens is 2. The molecule has 1 aromatic rings. The molecule has 0 fully saturated rings. The number of hydrogen-bond donors (Lipinski definition) is 2. The first-order valence-electron chi connectivity index (χ1n) is 4.70. The van der Waals surface area contributed by atoms with Crippen molar-refractivity contribution in [1.29, 1.82) is 0 Å². The fourth-order valence-corrected chi connectivity index (χ4v) is 1.33. The second kappa shape index (κ2) is 4.79. The third-order valence-corrected chi connectivity index (χ3v) is 2.08. The van der Waals surface area contributed by atoms with Crippen LogP contribution >= 0.6 is 0 Å². The maximum absolute atomic E-state index is 11.5. The van der Waals surface area contributed by atoms with Gasteiger partial charge >= 0.3 is 11.7 Å². The van der Waals surface area contributed by atoms with E-state index in [0.29, 0.717) is 6.54 Å². The van der Waals surface area contributed by atoms with Crippen LogP contribution in [0.1, 0.15) is 13.3 Å². The molecule has 0 aromatic carbocycles. The number of rotatable bonds is 5. The van der Waals surface area contributed by atoms with E-state index in [0.717, 1.165) is 0 Å². The minimum absolute atomic E-state index is 0.0120. The Hall–Kier alpha value is -1.56. The molecule has 6 nitrogen and oxygen atoms in total. The van der Waals surface area contributed by atoms with E-state index < -0.39 is 12.1 Å². The summed E-state index contributed by atoms with van der Waals surface area (Å²) in [5, 5.41) is 17.8. The molecule has 1 atom stereocenters. The molecule has 6 heteroatoms. The zero-order chi connectivity index (χ0) is 11.4. The summed E-state index contributed by atoms with van der Waals surface area (Å²) in [5.41, 5.74) is -0.234. The van der Waals surface area contributed by atoms with Gasteiger partial charge in [0.05, 0.1) is 19.1 Å². The molecule has 84 valence electrons. The molecular weight excluding hydrogens is 200 g/mol. The molecular formula is C9H14N2O4. The van der Waals surface area contributed by atoms with Crippen molar-refractivity contribution in [3.63, 3.8) is 0 Å². The van der Waals surface area contributed by atoms with E-state index >= 15 is 0 Å². The Morgan fingerprint density at radius 3 is 2.53 bits per heavy atom. The number of carbonyl (C=O) groups is 1. The van der Waals surface area contributed by atoms with Crippen LogP contribution < -0.4 is 5.69 Å². The highest BCUT2D eigenvalue weighted by Gasteiger charge is 2.11. The van der Waals surface area contributed by atoms with Crippen molar-refractivity contribution in [3.8, 4) is 0 Å². The summed E-state index contributed by atoms with van der Waals surface area (Å²) in [6.07, 6.45) is 1.75. The molecule has 0 saturated carbocycles. The smallest absolute Gasteiger partial charge is 0.328 e. The van der Waals surface area contributed by atoms with E-state index in [1.807, 2.05) is 6.92 Å². The molecule has 0 aliphatic rings. The number of imidazole rings is 1. The summed E-state index contributed by atoms with van der Waals surface area (Å²) >= 11 is 0. The lowest BCUT2D eigenvalue weighted by Crippen LogP contribution is -2.29. The molecule has 1 heterocycles. The number of aliphatic hydroxyl groups is 1. The van der Waals surface area contributed by atoms with Crippen molar-refractivity contribution >= 4 is 5.97 Å². The zero-order valence-corrected chi connectivity index (χ0v) is 8.46. The van der Waals surface area contributed by atoms with E-state index in [2.05, 4.69) is 0 Å². The Balaban J connectivity index is 2.68. The summed E-state index contributed by atoms with van der Waals surface area (Å²) < 4.78 is 2.78. The van der Waals surface area contributed by atoms with Crippen LogP contribution in [-0.2, 0) is 17.9 Å². The number of nitrogens with zero attached hydrogens (tertiary/aromatic N) is 2. The highest BCUT2D eigenvalue weighted by molar-refractivity contribution is 5.67. The Labute approximate surface area is 86.4 Å². The molecule has 0 amide bonds. The number of hydrogen-bond acceptors (Lipinski definition) is 3. The Morgan fingerprint density at radius 2 is 2.07 bits per heavy atom. The quantitative estimate of drug-likeness (QED) is 0.692. The van der Waals surface area contributed by atoms with Gasteiger partial charge in [-0.05, 0) is 6.92 Å². The average molecular weight is 214 g/mol. The molecule has 0 aliphatic carbocycles. The van der Waals surface area contributed by atoms with Gasteiger partial charge < -0.3 is 10.2 Å². The van der Waals surface area contributed by atoms with Crippen LogP contribution in [0.5, 0.6) is 0 Å². The lowest BCUT2D eigenvalue weighted by Gasteiger charge is -2.07. The van der Waals surface area contributed by atoms with Crippen molar-refractivity contribution in [2.24, 2.45) is 0 Å². The van der Waals surface area contributed by atoms with Crippen LogP contribution in [0.4, 0.5) is 0 Å². The van der Waals surface area contributed by atoms with E-state index in [-0.39, 0.29) is 18.7 Å². The summed E-state index contributed by atoms with van der Waals surface area (Å²) in [5.74, 6) is -1.08. The highest BCUT2D eigenvalue weighted by Crippen LogP contribution is 1.95. The minimum Gasteiger partial charge on any atom is -0.481 e. The lowest BCUT2D eigenvalue weighted by molar-refractivity contribution is -0.139. The Bertz CT molecular complexity index is 393. The first-order valence-corrected chi connectivity index (χ1v) is 4.70. The standard InChI is InChI=1S/C9H14N2O4/c1-2-10-3-4-11(9(10)15)6-7(12)5-8(13)14/h3-4,7,12H,2,5-6H2,1H3,(H,13,14). The molecule has 0 aliphatic heterocycles. The van der Waals surface area contributed by atoms with Crippen LogP contribution in [0.3, 0.4) is 0 Å². The van der Waals surface area contributed by atoms with Crippen molar-refractivity contribution in [2.75, 3.05) is 0 Å². The number of carboxylic acid groups (broad SMARTS) is 1. The fraction of sp³-hybridized carbons (Fsp3) is 0.556. The summed E-state index contributed by atoms with van der Waals surface area (Å²) in [7, 11) is 0. The average Bonchev–Trinajstić information content (AvgIpc) is 2.46. The first-order chi connectivity index (χ1) is 7.04. The van der Waals surface area contributed by atoms with Crippen molar-refractivity contribution in [3.05, 3.63) is 22.9 Å². The molecule has 0 saturated heterocycles. The largest absolute Gasteiger partial charge is 0.481 e. The Morgan fingerprint density at radius 1 is 1.47 bits per heavy atom. The van der Waals surface area contributed by atoms with Gasteiger partial charge in [0, 0.05) is 18.9 Å². The van der Waals surface area contributed by atoms with Crippen molar-refractivity contribution in [2.45, 2.75) is 32.5 Å². The van der Waals surface area contributed by atoms with E-state index in [1.54, 1.807) is 6.20 Å². The molecule has 1 aromatic heterocycles. The van der Waals surface area contributed by atoms with Gasteiger partial charge in [-0.3, -0.25) is 13.9 Å². The molecule has 2 N–H and O–H groups in total. The van der Waals surface area contributed by atoms with Crippen LogP contribution in [0.15, 0.2) is 17.2 Å². The summed E-state index contributed by atoms with van der Waals surface area (Å²) in [4.78, 5) is 21.8. The normalized spacial score (nSPS) is 12.7. The van der Waals surface area contributed by atoms with Gasteiger partial charge in [0.2, 0.25) is 0 Å². The van der Waals surface area contributed by atoms with Gasteiger partial charge in [-0.15, -0.1) is 0 Å². The topological polar surface area (TPSA) is 84.5 Å². The molecule has 0 radical (unpaired) electrons. The number of carboxylic acids is 1. The van der Waals surface area contributed by atoms with Crippen LogP contribution in [0, 0.1) is 0 Å². The molecule has 1 unspecified atom stereocenters. The van der Waals surface area contributed by atoms with E-state index in [9.17, 15) is 14.7 Å². The van der Waals surface area contributed by atoms with Gasteiger partial charge in [-0.2, -0.15) is 0 Å². The molecule has 0 spiro atoms. The third-order valence-electron chi connectivity index (χ3n) is 2.08. The van der Waals surface area contributed by atoms with Gasteiger partial charge in [-0.1, -0.05) is 0 Å². The predicted molar refractivity (Wildman–Crippen MR) is 52.6 cm³/mol. The maximum Gasteiger partial charge on any atom is 0.328 e. The minimum atomic E-state index is -1.08. The third kappa shape index (κ3) is 2.95. The van der Waals surface area contributed by atoms with E-state index in [4.69, 9.17) is 5.11 Å². The number of aliphatic hydroxyl groups excluding tert-OH is 1. The number of aryl methyl sites for hydroxylation is 1. The monoisotopic (exact) mass is 214 g/mol. The predicted octanol–water partition coefficient (Wildman–Crippen LogP) is -0.495. The van der Waals surface area contributed by atoms with Gasteiger partial charge in [0.25, 0.3) is 0 Å². The molecule has 15 heavy (non-hydrogen) atoms. The molecule has 1 rings (SSSR count). The van der Waals surface area contributed by atoms with Gasteiger partial charge in [0.1, 0.15) is 0 Å². The second-order valence-electron chi connectivity index (χ2n) is 3.27. The van der Waals surface area contributed by atoms with Crippen molar-refractivity contribution in [1.82, 2.24) is 9.13 Å². The van der Waals surface area contributed by atoms with Crippen LogP contribution in [-0.4, -0.2) is 31.4 Å². The first kappa shape index (κ1) is 11.5. The Kier molecular flexibility index (Phi) is 3.68. The van der Waals surface area contributed by atoms with Crippen molar-refractivity contribution < 1.29 is 15.0 Å². The fourth-order valence-electron chi connectivity index (χ4n) is 1.33. The summed E-state index contributed by atoms with van der Waals surface area (Å²) in [6, 6.07) is 0. The van der Waals surface area contributed by atoms with Gasteiger partial charge in [0.15, 0.2) is 0 Å². The van der Waals surface area contributed by atoms with Crippen LogP contribution in [0.2, 0.25) is 0 Å². The number of aliphatic carboxylic acids is 1. The summed E-state index contributed by atoms with van der Waals surface area (Å²) in [6.45, 7) is 2.40. The maximum atomic E-state index is 11.5. The SMILES string of the molecule is CCn1ccn(CC(O)CC(=O)O)c1=O. The zero-order valence-electron chi connectivity index (χ0n) is 8.46. The van der Waals surface area contributed by atoms with Crippen LogP contribution in [0.25, 0.3) is 0 Å². The molecule has 0 bridgehead atoms. The van der Waals surface area contributed by atoms with E-state index in [1.165, 1.54) is 15.3 Å². The highest BCUT2D eigenvalue weighted by atomic mass is 16.4.